The minimum Gasteiger partial charge on any atom is -0.351 e. The predicted molar refractivity (Wildman–Crippen MR) is 68.8 cm³/mol. The van der Waals surface area contributed by atoms with E-state index < -0.39 is 17.9 Å². The Morgan fingerprint density at radius 3 is 2.79 bits per heavy atom. The summed E-state index contributed by atoms with van der Waals surface area (Å²) < 4.78 is 13.2. The summed E-state index contributed by atoms with van der Waals surface area (Å²) in [6, 6.07) is 2.76. The van der Waals surface area contributed by atoms with Crippen molar-refractivity contribution in [1.82, 2.24) is 4.90 Å². The summed E-state index contributed by atoms with van der Waals surface area (Å²) in [6.07, 6.45) is 0. The SMILES string of the molecule is CC(C)[C@H]1C(=O)Nc2cc(F)ccc2CN1C(N)=O. The van der Waals surface area contributed by atoms with E-state index in [1.54, 1.807) is 6.07 Å². The normalized spacial score (nSPS) is 18.8. The maximum Gasteiger partial charge on any atom is 0.315 e. The number of nitrogens with zero attached hydrogens (tertiary/aromatic N) is 1. The molecule has 5 nitrogen and oxygen atoms in total. The molecule has 1 aromatic carbocycles. The third-order valence-electron chi connectivity index (χ3n) is 3.19. The number of carbonyl (C=O) groups is 2. The minimum atomic E-state index is -0.661. The summed E-state index contributed by atoms with van der Waals surface area (Å²) in [4.78, 5) is 25.0. The van der Waals surface area contributed by atoms with Gasteiger partial charge in [0, 0.05) is 5.69 Å². The predicted octanol–water partition coefficient (Wildman–Crippen LogP) is 1.68. The molecule has 19 heavy (non-hydrogen) atoms. The number of urea groups is 1. The molecule has 1 atom stereocenters. The van der Waals surface area contributed by atoms with Crippen molar-refractivity contribution in [2.45, 2.75) is 26.4 Å². The largest absolute Gasteiger partial charge is 0.351 e. The van der Waals surface area contributed by atoms with Crippen LogP contribution in [0.3, 0.4) is 0 Å². The van der Waals surface area contributed by atoms with Gasteiger partial charge in [-0.2, -0.15) is 0 Å². The molecule has 0 spiro atoms. The molecule has 0 unspecified atom stereocenters. The maximum atomic E-state index is 13.2. The Morgan fingerprint density at radius 2 is 2.21 bits per heavy atom. The summed E-state index contributed by atoms with van der Waals surface area (Å²) in [6.45, 7) is 3.85. The fourth-order valence-electron chi connectivity index (χ4n) is 2.31. The lowest BCUT2D eigenvalue weighted by Gasteiger charge is -2.29. The lowest BCUT2D eigenvalue weighted by molar-refractivity contribution is -0.121. The number of nitrogens with one attached hydrogen (secondary N) is 1. The Kier molecular flexibility index (Phi) is 3.42. The number of hydrogen-bond donors (Lipinski definition) is 2. The summed E-state index contributed by atoms with van der Waals surface area (Å²) in [7, 11) is 0. The number of carbonyl (C=O) groups excluding carboxylic acids is 2. The molecule has 0 bridgehead atoms. The molecule has 0 aromatic heterocycles. The number of anilines is 1. The summed E-state index contributed by atoms with van der Waals surface area (Å²) in [5.41, 5.74) is 6.40. The van der Waals surface area contributed by atoms with E-state index in [2.05, 4.69) is 5.32 Å². The van der Waals surface area contributed by atoms with Gasteiger partial charge in [-0.1, -0.05) is 19.9 Å². The Morgan fingerprint density at radius 1 is 1.53 bits per heavy atom. The van der Waals surface area contributed by atoms with Crippen LogP contribution in [-0.4, -0.2) is 22.9 Å². The number of primary amides is 1. The molecule has 3 amide bonds. The van der Waals surface area contributed by atoms with Gasteiger partial charge < -0.3 is 16.0 Å². The van der Waals surface area contributed by atoms with Crippen LogP contribution in [0.15, 0.2) is 18.2 Å². The second-order valence-corrected chi connectivity index (χ2v) is 4.95. The molecule has 6 heteroatoms. The van der Waals surface area contributed by atoms with Crippen molar-refractivity contribution in [3.63, 3.8) is 0 Å². The maximum absolute atomic E-state index is 13.2. The third kappa shape index (κ3) is 2.52. The average molecular weight is 265 g/mol. The van der Waals surface area contributed by atoms with Crippen LogP contribution < -0.4 is 11.1 Å². The van der Waals surface area contributed by atoms with Crippen LogP contribution in [-0.2, 0) is 11.3 Å². The van der Waals surface area contributed by atoms with E-state index >= 15 is 0 Å². The molecular formula is C13H16FN3O2. The summed E-state index contributed by atoms with van der Waals surface area (Å²) >= 11 is 0. The number of amides is 3. The summed E-state index contributed by atoms with van der Waals surface area (Å²) in [5.74, 6) is -0.877. The topological polar surface area (TPSA) is 75.4 Å². The number of hydrogen-bond acceptors (Lipinski definition) is 2. The highest BCUT2D eigenvalue weighted by Gasteiger charge is 2.34. The molecule has 1 aromatic rings. The first-order chi connectivity index (χ1) is 8.90. The Balaban J connectivity index is 2.46. The van der Waals surface area contributed by atoms with Crippen LogP contribution in [0.2, 0.25) is 0 Å². The Labute approximate surface area is 110 Å². The first kappa shape index (κ1) is 13.3. The van der Waals surface area contributed by atoms with Crippen LogP contribution in [0.5, 0.6) is 0 Å². The van der Waals surface area contributed by atoms with Gasteiger partial charge in [-0.3, -0.25) is 4.79 Å². The van der Waals surface area contributed by atoms with E-state index in [9.17, 15) is 14.0 Å². The molecule has 3 N–H and O–H groups in total. The first-order valence-corrected chi connectivity index (χ1v) is 6.05. The second kappa shape index (κ2) is 4.87. The van der Waals surface area contributed by atoms with Crippen LogP contribution in [0, 0.1) is 11.7 Å². The molecule has 1 heterocycles. The highest BCUT2D eigenvalue weighted by molar-refractivity contribution is 5.98. The van der Waals surface area contributed by atoms with Gasteiger partial charge in [0.25, 0.3) is 0 Å². The van der Waals surface area contributed by atoms with Crippen LogP contribution in [0.1, 0.15) is 19.4 Å². The standard InChI is InChI=1S/C13H16FN3O2/c1-7(2)11-12(18)16-10-5-9(14)4-3-8(10)6-17(11)13(15)19/h3-5,7,11H,6H2,1-2H3,(H2,15,19)(H,16,18)/t11-/m0/s1. The number of benzene rings is 1. The van der Waals surface area contributed by atoms with Gasteiger partial charge in [-0.05, 0) is 23.6 Å². The smallest absolute Gasteiger partial charge is 0.315 e. The average Bonchev–Trinajstić information content (AvgIpc) is 2.44. The number of fused-ring (bicyclic) bond motifs is 1. The van der Waals surface area contributed by atoms with E-state index in [1.165, 1.54) is 17.0 Å². The van der Waals surface area contributed by atoms with E-state index in [4.69, 9.17) is 5.73 Å². The number of nitrogens with two attached hydrogens (primary N) is 1. The molecule has 0 fully saturated rings. The van der Waals surface area contributed by atoms with Crippen molar-refractivity contribution in [2.75, 3.05) is 5.32 Å². The van der Waals surface area contributed by atoms with Crippen molar-refractivity contribution < 1.29 is 14.0 Å². The van der Waals surface area contributed by atoms with Crippen LogP contribution >= 0.6 is 0 Å². The monoisotopic (exact) mass is 265 g/mol. The van der Waals surface area contributed by atoms with Gasteiger partial charge in [0.05, 0.1) is 6.54 Å². The minimum absolute atomic E-state index is 0.0911. The molecule has 2 rings (SSSR count). The molecule has 0 saturated heterocycles. The molecular weight excluding hydrogens is 249 g/mol. The van der Waals surface area contributed by atoms with Crippen molar-refractivity contribution in [2.24, 2.45) is 11.7 Å². The van der Waals surface area contributed by atoms with Gasteiger partial charge >= 0.3 is 6.03 Å². The van der Waals surface area contributed by atoms with E-state index in [-0.39, 0.29) is 18.4 Å². The Bertz CT molecular complexity index is 531. The van der Waals surface area contributed by atoms with Gasteiger partial charge in [-0.25, -0.2) is 9.18 Å². The van der Waals surface area contributed by atoms with Crippen molar-refractivity contribution in [3.05, 3.63) is 29.6 Å². The molecule has 0 radical (unpaired) electrons. The van der Waals surface area contributed by atoms with Crippen molar-refractivity contribution in [3.8, 4) is 0 Å². The first-order valence-electron chi connectivity index (χ1n) is 6.05. The lowest BCUT2D eigenvalue weighted by Crippen LogP contribution is -2.50. The molecule has 1 aliphatic heterocycles. The van der Waals surface area contributed by atoms with Gasteiger partial charge in [-0.15, -0.1) is 0 Å². The van der Waals surface area contributed by atoms with Crippen LogP contribution in [0.4, 0.5) is 14.9 Å². The van der Waals surface area contributed by atoms with E-state index in [0.717, 1.165) is 0 Å². The van der Waals surface area contributed by atoms with Gasteiger partial charge in [0.2, 0.25) is 5.91 Å². The number of rotatable bonds is 1. The third-order valence-corrected chi connectivity index (χ3v) is 3.19. The van der Waals surface area contributed by atoms with Crippen LogP contribution in [0.25, 0.3) is 0 Å². The van der Waals surface area contributed by atoms with Crippen molar-refractivity contribution >= 4 is 17.6 Å². The molecule has 0 saturated carbocycles. The van der Waals surface area contributed by atoms with Gasteiger partial charge in [0.1, 0.15) is 11.9 Å². The second-order valence-electron chi connectivity index (χ2n) is 4.95. The quantitative estimate of drug-likeness (QED) is 0.810. The highest BCUT2D eigenvalue weighted by atomic mass is 19.1. The van der Waals surface area contributed by atoms with Crippen molar-refractivity contribution in [1.29, 1.82) is 0 Å². The molecule has 0 aliphatic carbocycles. The fourth-order valence-corrected chi connectivity index (χ4v) is 2.31. The zero-order valence-corrected chi connectivity index (χ0v) is 10.8. The Hall–Kier alpha value is -2.11. The lowest BCUT2D eigenvalue weighted by atomic mass is 10.0. The zero-order chi connectivity index (χ0) is 14.2. The van der Waals surface area contributed by atoms with Gasteiger partial charge in [0.15, 0.2) is 0 Å². The fraction of sp³-hybridized carbons (Fsp3) is 0.385. The van der Waals surface area contributed by atoms with E-state index in [1.807, 2.05) is 13.8 Å². The molecule has 102 valence electrons. The molecule has 1 aliphatic rings. The summed E-state index contributed by atoms with van der Waals surface area (Å²) in [5, 5.41) is 2.65. The highest BCUT2D eigenvalue weighted by Crippen LogP contribution is 2.26. The van der Waals surface area contributed by atoms with E-state index in [0.29, 0.717) is 11.3 Å². The number of halogens is 1. The zero-order valence-electron chi connectivity index (χ0n) is 10.8.